The third kappa shape index (κ3) is 3.66. The average Bonchev–Trinajstić information content (AvgIpc) is 2.81. The number of carboxylic acid groups (broad SMARTS) is 1. The molecule has 1 aromatic carbocycles. The van der Waals surface area contributed by atoms with Crippen molar-refractivity contribution in [2.75, 3.05) is 0 Å². The van der Waals surface area contributed by atoms with Crippen molar-refractivity contribution in [3.05, 3.63) is 56.8 Å². The Bertz CT molecular complexity index is 590. The average molecular weight is 291 g/mol. The van der Waals surface area contributed by atoms with E-state index < -0.39 is 5.97 Å². The first-order valence-electron chi connectivity index (χ1n) is 6.32. The first-order chi connectivity index (χ1) is 9.60. The molecule has 5 heteroatoms. The molecule has 106 valence electrons. The van der Waals surface area contributed by atoms with E-state index in [2.05, 4.69) is 5.32 Å². The number of benzene rings is 1. The lowest BCUT2D eigenvalue weighted by molar-refractivity contribution is 0.0702. The van der Waals surface area contributed by atoms with Crippen LogP contribution in [0.25, 0.3) is 0 Å². The summed E-state index contributed by atoms with van der Waals surface area (Å²) in [5.41, 5.74) is 3.06. The smallest absolute Gasteiger partial charge is 0.345 e. The molecule has 1 aromatic heterocycles. The minimum atomic E-state index is -0.871. The van der Waals surface area contributed by atoms with Gasteiger partial charge in [-0.3, -0.25) is 0 Å². The van der Waals surface area contributed by atoms with Crippen LogP contribution >= 0.6 is 11.3 Å². The Morgan fingerprint density at radius 2 is 1.85 bits per heavy atom. The number of aliphatic hydroxyl groups is 1. The lowest BCUT2D eigenvalue weighted by Gasteiger charge is -2.05. The summed E-state index contributed by atoms with van der Waals surface area (Å²) in [6, 6.07) is 9.47. The summed E-state index contributed by atoms with van der Waals surface area (Å²) in [5.74, 6) is -0.871. The molecule has 4 nitrogen and oxygen atoms in total. The highest BCUT2D eigenvalue weighted by Gasteiger charge is 2.10. The molecule has 0 radical (unpaired) electrons. The number of aliphatic hydroxyl groups excluding tert-OH is 1. The van der Waals surface area contributed by atoms with Crippen LogP contribution in [-0.4, -0.2) is 16.2 Å². The van der Waals surface area contributed by atoms with Crippen molar-refractivity contribution in [3.8, 4) is 0 Å². The molecule has 0 spiro atoms. The summed E-state index contributed by atoms with van der Waals surface area (Å²) in [6.07, 6.45) is 0. The topological polar surface area (TPSA) is 69.6 Å². The van der Waals surface area contributed by atoms with Crippen LogP contribution < -0.4 is 5.32 Å². The number of carboxylic acids is 1. The number of thiophene rings is 1. The van der Waals surface area contributed by atoms with Gasteiger partial charge in [-0.05, 0) is 29.7 Å². The van der Waals surface area contributed by atoms with Gasteiger partial charge >= 0.3 is 5.97 Å². The first-order valence-corrected chi connectivity index (χ1v) is 7.14. The second-order valence-corrected chi connectivity index (χ2v) is 5.83. The number of carbonyl (C=O) groups is 1. The molecule has 0 bridgehead atoms. The SMILES string of the molecule is Cc1sc(C(=O)O)cc1CNCc1ccc(CO)cc1. The van der Waals surface area contributed by atoms with Gasteiger partial charge < -0.3 is 15.5 Å². The second-order valence-electron chi connectivity index (χ2n) is 4.58. The van der Waals surface area contributed by atoms with Gasteiger partial charge in [0.1, 0.15) is 4.88 Å². The van der Waals surface area contributed by atoms with E-state index in [9.17, 15) is 4.79 Å². The molecule has 0 fully saturated rings. The Kier molecular flexibility index (Phi) is 4.89. The summed E-state index contributed by atoms with van der Waals surface area (Å²) >= 11 is 1.31. The maximum Gasteiger partial charge on any atom is 0.345 e. The molecule has 1 heterocycles. The van der Waals surface area contributed by atoms with E-state index >= 15 is 0 Å². The van der Waals surface area contributed by atoms with E-state index in [1.807, 2.05) is 31.2 Å². The summed E-state index contributed by atoms with van der Waals surface area (Å²) in [5, 5.41) is 21.2. The molecule has 0 aliphatic carbocycles. The molecule has 0 saturated carbocycles. The summed E-state index contributed by atoms with van der Waals surface area (Å²) in [4.78, 5) is 12.3. The Balaban J connectivity index is 1.90. The standard InChI is InChI=1S/C15H17NO3S/c1-10-13(6-14(20-10)15(18)19)8-16-7-11-2-4-12(9-17)5-3-11/h2-6,16-17H,7-9H2,1H3,(H,18,19). The third-order valence-electron chi connectivity index (χ3n) is 3.08. The van der Waals surface area contributed by atoms with Crippen LogP contribution in [0.15, 0.2) is 30.3 Å². The molecule has 2 aromatic rings. The number of nitrogens with one attached hydrogen (secondary N) is 1. The highest BCUT2D eigenvalue weighted by Crippen LogP contribution is 2.21. The van der Waals surface area contributed by atoms with Crippen LogP contribution in [0.2, 0.25) is 0 Å². The number of aryl methyl sites for hydroxylation is 1. The van der Waals surface area contributed by atoms with Crippen LogP contribution in [0.5, 0.6) is 0 Å². The zero-order valence-corrected chi connectivity index (χ0v) is 12.0. The summed E-state index contributed by atoms with van der Waals surface area (Å²) < 4.78 is 0. The van der Waals surface area contributed by atoms with Crippen LogP contribution in [0.3, 0.4) is 0 Å². The van der Waals surface area contributed by atoms with Gasteiger partial charge in [0, 0.05) is 18.0 Å². The van der Waals surface area contributed by atoms with E-state index in [-0.39, 0.29) is 6.61 Å². The van der Waals surface area contributed by atoms with E-state index in [0.717, 1.165) is 21.6 Å². The summed E-state index contributed by atoms with van der Waals surface area (Å²) in [7, 11) is 0. The van der Waals surface area contributed by atoms with Gasteiger partial charge in [0.2, 0.25) is 0 Å². The van der Waals surface area contributed by atoms with Gasteiger partial charge in [-0.2, -0.15) is 0 Å². The number of rotatable bonds is 6. The maximum absolute atomic E-state index is 10.9. The predicted molar refractivity (Wildman–Crippen MR) is 78.9 cm³/mol. The lowest BCUT2D eigenvalue weighted by atomic mass is 10.1. The predicted octanol–water partition coefficient (Wildman–Crippen LogP) is 2.54. The number of aromatic carboxylic acids is 1. The van der Waals surface area contributed by atoms with Gasteiger partial charge in [-0.15, -0.1) is 11.3 Å². The quantitative estimate of drug-likeness (QED) is 0.765. The second kappa shape index (κ2) is 6.65. The summed E-state index contributed by atoms with van der Waals surface area (Å²) in [6.45, 7) is 3.35. The van der Waals surface area contributed by atoms with Gasteiger partial charge in [0.05, 0.1) is 6.61 Å². The highest BCUT2D eigenvalue weighted by atomic mass is 32.1. The van der Waals surface area contributed by atoms with E-state index in [1.165, 1.54) is 11.3 Å². The van der Waals surface area contributed by atoms with Crippen molar-refractivity contribution in [2.24, 2.45) is 0 Å². The fourth-order valence-corrected chi connectivity index (χ4v) is 2.79. The van der Waals surface area contributed by atoms with Crippen LogP contribution in [0.4, 0.5) is 0 Å². The van der Waals surface area contributed by atoms with Crippen molar-refractivity contribution in [1.29, 1.82) is 0 Å². The maximum atomic E-state index is 10.9. The van der Waals surface area contributed by atoms with E-state index in [0.29, 0.717) is 18.0 Å². The lowest BCUT2D eigenvalue weighted by Crippen LogP contribution is -2.12. The molecule has 20 heavy (non-hydrogen) atoms. The molecule has 0 aliphatic rings. The molecule has 3 N–H and O–H groups in total. The van der Waals surface area contributed by atoms with Crippen molar-refractivity contribution in [1.82, 2.24) is 5.32 Å². The Labute approximate surface area is 121 Å². The molecule has 0 atom stereocenters. The minimum absolute atomic E-state index is 0.0553. The Morgan fingerprint density at radius 3 is 2.40 bits per heavy atom. The Morgan fingerprint density at radius 1 is 1.20 bits per heavy atom. The zero-order valence-electron chi connectivity index (χ0n) is 11.2. The van der Waals surface area contributed by atoms with Crippen molar-refractivity contribution in [2.45, 2.75) is 26.6 Å². The molecular formula is C15H17NO3S. The fourth-order valence-electron chi connectivity index (χ4n) is 1.90. The first kappa shape index (κ1) is 14.7. The molecule has 0 amide bonds. The van der Waals surface area contributed by atoms with Crippen LogP contribution in [-0.2, 0) is 19.7 Å². The molecular weight excluding hydrogens is 274 g/mol. The van der Waals surface area contributed by atoms with Gasteiger partial charge in [-0.25, -0.2) is 4.79 Å². The largest absolute Gasteiger partial charge is 0.477 e. The van der Waals surface area contributed by atoms with E-state index in [4.69, 9.17) is 10.2 Å². The number of hydrogen-bond acceptors (Lipinski definition) is 4. The fraction of sp³-hybridized carbons (Fsp3) is 0.267. The molecule has 0 unspecified atom stereocenters. The zero-order chi connectivity index (χ0) is 14.5. The monoisotopic (exact) mass is 291 g/mol. The number of hydrogen-bond donors (Lipinski definition) is 3. The van der Waals surface area contributed by atoms with Crippen LogP contribution in [0.1, 0.15) is 31.2 Å². The van der Waals surface area contributed by atoms with Gasteiger partial charge in [0.25, 0.3) is 0 Å². The normalized spacial score (nSPS) is 10.7. The Hall–Kier alpha value is -1.69. The van der Waals surface area contributed by atoms with Crippen molar-refractivity contribution >= 4 is 17.3 Å². The molecule has 2 rings (SSSR count). The highest BCUT2D eigenvalue weighted by molar-refractivity contribution is 7.14. The van der Waals surface area contributed by atoms with E-state index in [1.54, 1.807) is 6.07 Å². The third-order valence-corrected chi connectivity index (χ3v) is 4.16. The van der Waals surface area contributed by atoms with Crippen LogP contribution in [0, 0.1) is 6.92 Å². The molecule has 0 saturated heterocycles. The van der Waals surface area contributed by atoms with Gasteiger partial charge in [-0.1, -0.05) is 24.3 Å². The minimum Gasteiger partial charge on any atom is -0.477 e. The molecule has 0 aliphatic heterocycles. The van der Waals surface area contributed by atoms with Crippen molar-refractivity contribution in [3.63, 3.8) is 0 Å². The van der Waals surface area contributed by atoms with Crippen molar-refractivity contribution < 1.29 is 15.0 Å². The van der Waals surface area contributed by atoms with Gasteiger partial charge in [0.15, 0.2) is 0 Å².